The maximum absolute atomic E-state index is 14.3. The van der Waals surface area contributed by atoms with Crippen molar-refractivity contribution in [2.45, 2.75) is 53.9 Å². The second-order valence-corrected chi connectivity index (χ2v) is 7.94. The Morgan fingerprint density at radius 3 is 2.45 bits per heavy atom. The summed E-state index contributed by atoms with van der Waals surface area (Å²) in [6.45, 7) is 10.2. The van der Waals surface area contributed by atoms with Gasteiger partial charge in [0.25, 0.3) is 0 Å². The fourth-order valence-corrected chi connectivity index (χ4v) is 3.65. The van der Waals surface area contributed by atoms with Gasteiger partial charge in [0.15, 0.2) is 5.78 Å². The molecule has 0 aliphatic heterocycles. The van der Waals surface area contributed by atoms with Gasteiger partial charge in [0, 0.05) is 11.5 Å². The van der Waals surface area contributed by atoms with E-state index >= 15 is 0 Å². The minimum absolute atomic E-state index is 0.0806. The summed E-state index contributed by atoms with van der Waals surface area (Å²) in [5.41, 5.74) is 4.52. The molecule has 2 aromatic carbocycles. The van der Waals surface area contributed by atoms with Crippen LogP contribution >= 0.6 is 0 Å². The molecule has 1 nitrogen and oxygen atoms in total. The Morgan fingerprint density at radius 1 is 1.10 bits per heavy atom. The van der Waals surface area contributed by atoms with Gasteiger partial charge in [-0.1, -0.05) is 75.4 Å². The molecule has 0 bridgehead atoms. The Hall–Kier alpha value is -2.48. The zero-order chi connectivity index (χ0) is 21.4. The highest BCUT2D eigenvalue weighted by Gasteiger charge is 2.25. The highest BCUT2D eigenvalue weighted by molar-refractivity contribution is 5.97. The lowest BCUT2D eigenvalue weighted by Crippen LogP contribution is -2.24. The van der Waals surface area contributed by atoms with E-state index in [2.05, 4.69) is 32.1 Å². The first-order valence-electron chi connectivity index (χ1n) is 10.6. The zero-order valence-corrected chi connectivity index (χ0v) is 18.3. The Balaban J connectivity index is 2.34. The van der Waals surface area contributed by atoms with Crippen molar-refractivity contribution in [2.24, 2.45) is 11.8 Å². The third-order valence-corrected chi connectivity index (χ3v) is 5.50. The predicted octanol–water partition coefficient (Wildman–Crippen LogP) is 7.49. The Morgan fingerprint density at radius 2 is 1.83 bits per heavy atom. The van der Waals surface area contributed by atoms with Gasteiger partial charge in [-0.25, -0.2) is 4.39 Å². The maximum Gasteiger partial charge on any atom is 0.162 e. The molecule has 0 N–H and O–H groups in total. The number of rotatable bonds is 9. The van der Waals surface area contributed by atoms with E-state index in [0.717, 1.165) is 35.1 Å². The van der Waals surface area contributed by atoms with Gasteiger partial charge >= 0.3 is 0 Å². The van der Waals surface area contributed by atoms with Gasteiger partial charge < -0.3 is 0 Å². The minimum Gasteiger partial charge on any atom is -0.294 e. The van der Waals surface area contributed by atoms with Crippen LogP contribution in [0.2, 0.25) is 0 Å². The lowest BCUT2D eigenvalue weighted by atomic mass is 9.81. The molecule has 0 aliphatic carbocycles. The number of Topliss-reactive ketones (excluding diaryl/α,β-unsaturated/α-hetero) is 1. The van der Waals surface area contributed by atoms with Crippen molar-refractivity contribution in [3.05, 3.63) is 83.2 Å². The summed E-state index contributed by atoms with van der Waals surface area (Å²) in [5, 5.41) is 0. The monoisotopic (exact) mass is 392 g/mol. The Bertz CT molecular complexity index is 889. The molecule has 29 heavy (non-hydrogen) atoms. The van der Waals surface area contributed by atoms with Crippen molar-refractivity contribution in [3.8, 4) is 11.1 Å². The van der Waals surface area contributed by atoms with E-state index in [9.17, 15) is 9.18 Å². The molecule has 0 spiro atoms. The third-order valence-electron chi connectivity index (χ3n) is 5.50. The van der Waals surface area contributed by atoms with Crippen molar-refractivity contribution >= 4 is 5.78 Å². The summed E-state index contributed by atoms with van der Waals surface area (Å²) in [6, 6.07) is 13.0. The molecular weight excluding hydrogens is 359 g/mol. The van der Waals surface area contributed by atoms with Gasteiger partial charge in [0.05, 0.1) is 0 Å². The molecule has 2 aromatic rings. The first-order chi connectivity index (χ1) is 13.9. The fourth-order valence-electron chi connectivity index (χ4n) is 3.65. The maximum atomic E-state index is 14.3. The van der Waals surface area contributed by atoms with E-state index in [4.69, 9.17) is 0 Å². The molecule has 0 aromatic heterocycles. The van der Waals surface area contributed by atoms with Crippen molar-refractivity contribution in [2.75, 3.05) is 0 Å². The van der Waals surface area contributed by atoms with Crippen LogP contribution in [0.15, 0.2) is 66.3 Å². The number of halogens is 1. The number of carbonyl (C=O) groups excluding carboxylic acids is 1. The SMILES string of the molecule is C/C=C/C/C=C(\CC)C(=O)C(Cc1ccc(C)c(-c2ccccc2F)c1)C(C)C. The van der Waals surface area contributed by atoms with Crippen LogP contribution in [0, 0.1) is 24.6 Å². The normalized spacial score (nSPS) is 13.3. The van der Waals surface area contributed by atoms with Crippen molar-refractivity contribution < 1.29 is 9.18 Å². The van der Waals surface area contributed by atoms with Crippen LogP contribution in [0.4, 0.5) is 4.39 Å². The first kappa shape index (κ1) is 22.8. The summed E-state index contributed by atoms with van der Waals surface area (Å²) in [5.74, 6) is 0.171. The molecule has 154 valence electrons. The zero-order valence-electron chi connectivity index (χ0n) is 18.3. The summed E-state index contributed by atoms with van der Waals surface area (Å²) < 4.78 is 14.3. The lowest BCUT2D eigenvalue weighted by Gasteiger charge is -2.22. The molecule has 0 saturated heterocycles. The number of hydrogen-bond donors (Lipinski definition) is 0. The molecule has 0 fully saturated rings. The smallest absolute Gasteiger partial charge is 0.162 e. The van der Waals surface area contributed by atoms with Crippen LogP contribution in [0.5, 0.6) is 0 Å². The van der Waals surface area contributed by atoms with Gasteiger partial charge in [-0.2, -0.15) is 0 Å². The van der Waals surface area contributed by atoms with Crippen LogP contribution in [0.25, 0.3) is 11.1 Å². The van der Waals surface area contributed by atoms with Crippen molar-refractivity contribution in [1.29, 1.82) is 0 Å². The van der Waals surface area contributed by atoms with Crippen LogP contribution in [-0.4, -0.2) is 5.78 Å². The van der Waals surface area contributed by atoms with Crippen LogP contribution in [-0.2, 0) is 11.2 Å². The minimum atomic E-state index is -0.218. The molecule has 2 rings (SSSR count). The number of allylic oxidation sites excluding steroid dienone is 4. The van der Waals surface area contributed by atoms with E-state index in [1.54, 1.807) is 6.07 Å². The largest absolute Gasteiger partial charge is 0.294 e. The van der Waals surface area contributed by atoms with E-state index in [1.807, 2.05) is 51.1 Å². The van der Waals surface area contributed by atoms with Crippen LogP contribution < -0.4 is 0 Å². The van der Waals surface area contributed by atoms with Crippen molar-refractivity contribution in [1.82, 2.24) is 0 Å². The summed E-state index contributed by atoms with van der Waals surface area (Å²) in [4.78, 5) is 13.2. The molecule has 2 heteroatoms. The first-order valence-corrected chi connectivity index (χ1v) is 10.6. The molecule has 0 amide bonds. The molecule has 1 atom stereocenters. The fraction of sp³-hybridized carbons (Fsp3) is 0.370. The lowest BCUT2D eigenvalue weighted by molar-refractivity contribution is -0.120. The highest BCUT2D eigenvalue weighted by atomic mass is 19.1. The highest BCUT2D eigenvalue weighted by Crippen LogP contribution is 2.30. The van der Waals surface area contributed by atoms with Gasteiger partial charge in [-0.15, -0.1) is 0 Å². The van der Waals surface area contributed by atoms with Crippen LogP contribution in [0.1, 0.15) is 51.7 Å². The summed E-state index contributed by atoms with van der Waals surface area (Å²) in [7, 11) is 0. The molecule has 1 unspecified atom stereocenters. The topological polar surface area (TPSA) is 17.1 Å². The number of ketones is 1. The molecule has 0 radical (unpaired) electrons. The second kappa shape index (κ2) is 10.9. The molecule has 0 saturated carbocycles. The molecule has 0 heterocycles. The van der Waals surface area contributed by atoms with E-state index in [0.29, 0.717) is 12.0 Å². The number of carbonyl (C=O) groups is 1. The quantitative estimate of drug-likeness (QED) is 0.319. The van der Waals surface area contributed by atoms with E-state index in [1.165, 1.54) is 6.07 Å². The average Bonchev–Trinajstić information content (AvgIpc) is 2.70. The summed E-state index contributed by atoms with van der Waals surface area (Å²) >= 11 is 0. The summed E-state index contributed by atoms with van der Waals surface area (Å²) in [6.07, 6.45) is 8.32. The van der Waals surface area contributed by atoms with Gasteiger partial charge in [-0.3, -0.25) is 4.79 Å². The van der Waals surface area contributed by atoms with Gasteiger partial charge in [-0.05, 0) is 67.4 Å². The Labute approximate surface area is 175 Å². The predicted molar refractivity (Wildman–Crippen MR) is 121 cm³/mol. The third kappa shape index (κ3) is 6.00. The standard InChI is InChI=1S/C27H33FO/c1-6-8-9-12-22(7-2)27(29)24(19(3)4)17-21-16-15-20(5)25(18-21)23-13-10-11-14-26(23)28/h6,8,10-16,18-19,24H,7,9,17H2,1-5H3/b8-6+,22-12+. The average molecular weight is 393 g/mol. The van der Waals surface area contributed by atoms with E-state index in [-0.39, 0.29) is 23.4 Å². The molecular formula is C27H33FO. The Kier molecular flexibility index (Phi) is 8.57. The van der Waals surface area contributed by atoms with Crippen LogP contribution in [0.3, 0.4) is 0 Å². The van der Waals surface area contributed by atoms with Gasteiger partial charge in [0.1, 0.15) is 5.82 Å². The number of aryl methyl sites for hydroxylation is 1. The number of benzene rings is 2. The van der Waals surface area contributed by atoms with Gasteiger partial charge in [0.2, 0.25) is 0 Å². The second-order valence-electron chi connectivity index (χ2n) is 7.94. The molecule has 0 aliphatic rings. The van der Waals surface area contributed by atoms with E-state index < -0.39 is 0 Å². The van der Waals surface area contributed by atoms with Crippen molar-refractivity contribution in [3.63, 3.8) is 0 Å². The number of hydrogen-bond acceptors (Lipinski definition) is 1.